The quantitative estimate of drug-likeness (QED) is 0.762. The van der Waals surface area contributed by atoms with Crippen molar-refractivity contribution in [3.63, 3.8) is 0 Å². The highest BCUT2D eigenvalue weighted by atomic mass is 35.5. The van der Waals surface area contributed by atoms with E-state index in [-0.39, 0.29) is 17.5 Å². The predicted molar refractivity (Wildman–Crippen MR) is 77.0 cm³/mol. The molecule has 6 nitrogen and oxygen atoms in total. The van der Waals surface area contributed by atoms with Crippen LogP contribution in [-0.4, -0.2) is 40.8 Å². The van der Waals surface area contributed by atoms with Crippen molar-refractivity contribution in [3.8, 4) is 6.01 Å². The molecule has 0 spiro atoms. The maximum Gasteiger partial charge on any atom is 0.422 e. The fourth-order valence-corrected chi connectivity index (χ4v) is 1.89. The van der Waals surface area contributed by atoms with Crippen LogP contribution >= 0.6 is 11.6 Å². The average Bonchev–Trinajstić information content (AvgIpc) is 2.52. The third-order valence-corrected chi connectivity index (χ3v) is 2.91. The van der Waals surface area contributed by atoms with Crippen molar-refractivity contribution in [3.05, 3.63) is 46.5 Å². The van der Waals surface area contributed by atoms with E-state index in [1.807, 2.05) is 0 Å². The van der Waals surface area contributed by atoms with Gasteiger partial charge in [0, 0.05) is 6.42 Å². The largest absolute Gasteiger partial charge is 0.465 e. The lowest BCUT2D eigenvalue weighted by molar-refractivity contribution is -0.154. The molecule has 0 fully saturated rings. The zero-order chi connectivity index (χ0) is 17.7. The van der Waals surface area contributed by atoms with Gasteiger partial charge in [-0.15, -0.1) is 0 Å². The van der Waals surface area contributed by atoms with Gasteiger partial charge in [-0.2, -0.15) is 23.1 Å². The number of esters is 1. The van der Waals surface area contributed by atoms with Crippen LogP contribution in [0.4, 0.5) is 13.2 Å². The van der Waals surface area contributed by atoms with Gasteiger partial charge in [0.25, 0.3) is 0 Å². The van der Waals surface area contributed by atoms with Crippen molar-refractivity contribution in [1.82, 2.24) is 15.0 Å². The lowest BCUT2D eigenvalue weighted by Gasteiger charge is -2.08. The summed E-state index contributed by atoms with van der Waals surface area (Å²) >= 11 is 5.67. The Kier molecular flexibility index (Phi) is 5.55. The minimum absolute atomic E-state index is 0.137. The maximum atomic E-state index is 12.2. The molecule has 0 amide bonds. The number of rotatable bonds is 5. The smallest absolute Gasteiger partial charge is 0.422 e. The SMILES string of the molecule is COC(=O)c1ccc(Cc2nc(Cl)nc(OCC(F)(F)F)n2)cc1. The fraction of sp³-hybridized carbons (Fsp3) is 0.286. The van der Waals surface area contributed by atoms with Crippen LogP contribution in [0.25, 0.3) is 0 Å². The standard InChI is InChI=1S/C14H11ClF3N3O3/c1-23-11(22)9-4-2-8(3-5-9)6-10-19-12(15)21-13(20-10)24-7-14(16,17)18/h2-5H,6-7H2,1H3. The van der Waals surface area contributed by atoms with Gasteiger partial charge in [-0.1, -0.05) is 12.1 Å². The Hall–Kier alpha value is -2.42. The van der Waals surface area contributed by atoms with Crippen LogP contribution in [-0.2, 0) is 11.2 Å². The average molecular weight is 362 g/mol. The van der Waals surface area contributed by atoms with Crippen LogP contribution in [0.5, 0.6) is 6.01 Å². The van der Waals surface area contributed by atoms with E-state index in [4.69, 9.17) is 11.6 Å². The van der Waals surface area contributed by atoms with Crippen LogP contribution in [0.1, 0.15) is 21.7 Å². The molecule has 0 aliphatic carbocycles. The minimum Gasteiger partial charge on any atom is -0.465 e. The molecule has 128 valence electrons. The van der Waals surface area contributed by atoms with E-state index in [1.54, 1.807) is 24.3 Å². The molecule has 10 heteroatoms. The number of carbonyl (C=O) groups excluding carboxylic acids is 1. The van der Waals surface area contributed by atoms with Gasteiger partial charge in [-0.25, -0.2) is 9.78 Å². The summed E-state index contributed by atoms with van der Waals surface area (Å²) in [6.07, 6.45) is -4.34. The molecular formula is C14H11ClF3N3O3. The van der Waals surface area contributed by atoms with Gasteiger partial charge < -0.3 is 9.47 Å². The molecule has 1 aromatic heterocycles. The van der Waals surface area contributed by atoms with Gasteiger partial charge in [0.15, 0.2) is 6.61 Å². The van der Waals surface area contributed by atoms with Crippen molar-refractivity contribution >= 4 is 17.6 Å². The van der Waals surface area contributed by atoms with Gasteiger partial charge in [0.05, 0.1) is 12.7 Å². The Bertz CT molecular complexity index is 723. The Balaban J connectivity index is 2.11. The van der Waals surface area contributed by atoms with Crippen LogP contribution in [0.2, 0.25) is 5.28 Å². The van der Waals surface area contributed by atoms with E-state index in [2.05, 4.69) is 24.4 Å². The Morgan fingerprint density at radius 3 is 2.42 bits per heavy atom. The van der Waals surface area contributed by atoms with Crippen LogP contribution < -0.4 is 4.74 Å². The van der Waals surface area contributed by atoms with E-state index >= 15 is 0 Å². The molecule has 0 atom stereocenters. The summed E-state index contributed by atoms with van der Waals surface area (Å²) in [4.78, 5) is 22.5. The normalized spacial score (nSPS) is 11.2. The summed E-state index contributed by atoms with van der Waals surface area (Å²) < 4.78 is 45.5. The highest BCUT2D eigenvalue weighted by Gasteiger charge is 2.29. The second kappa shape index (κ2) is 7.43. The molecule has 0 aliphatic heterocycles. The molecule has 1 heterocycles. The molecule has 1 aromatic carbocycles. The number of benzene rings is 1. The third kappa shape index (κ3) is 5.34. The molecule has 0 unspecified atom stereocenters. The number of halogens is 4. The van der Waals surface area contributed by atoms with E-state index in [0.29, 0.717) is 11.1 Å². The molecule has 24 heavy (non-hydrogen) atoms. The second-order valence-electron chi connectivity index (χ2n) is 4.57. The van der Waals surface area contributed by atoms with Crippen molar-refractivity contribution in [1.29, 1.82) is 0 Å². The first-order valence-corrected chi connectivity index (χ1v) is 6.92. The number of hydrogen-bond donors (Lipinski definition) is 0. The van der Waals surface area contributed by atoms with E-state index < -0.39 is 24.8 Å². The first kappa shape index (κ1) is 17.9. The van der Waals surface area contributed by atoms with Gasteiger partial charge in [0.2, 0.25) is 5.28 Å². The van der Waals surface area contributed by atoms with E-state index in [0.717, 1.165) is 0 Å². The summed E-state index contributed by atoms with van der Waals surface area (Å²) in [6, 6.07) is 5.87. The molecule has 0 saturated carbocycles. The lowest BCUT2D eigenvalue weighted by atomic mass is 10.1. The number of alkyl halides is 3. The molecule has 2 rings (SSSR count). The zero-order valence-corrected chi connectivity index (χ0v) is 13.1. The van der Waals surface area contributed by atoms with Crippen molar-refractivity contribution in [2.75, 3.05) is 13.7 Å². The van der Waals surface area contributed by atoms with Gasteiger partial charge >= 0.3 is 18.2 Å². The van der Waals surface area contributed by atoms with Crippen molar-refractivity contribution in [2.24, 2.45) is 0 Å². The van der Waals surface area contributed by atoms with Crippen LogP contribution in [0.15, 0.2) is 24.3 Å². The van der Waals surface area contributed by atoms with Crippen molar-refractivity contribution < 1.29 is 27.4 Å². The fourth-order valence-electron chi connectivity index (χ4n) is 1.72. The van der Waals surface area contributed by atoms with Gasteiger partial charge in [-0.05, 0) is 29.3 Å². The van der Waals surface area contributed by atoms with E-state index in [9.17, 15) is 18.0 Å². The van der Waals surface area contributed by atoms with Gasteiger partial charge in [0.1, 0.15) is 5.82 Å². The van der Waals surface area contributed by atoms with Crippen molar-refractivity contribution in [2.45, 2.75) is 12.6 Å². The molecule has 0 radical (unpaired) electrons. The highest BCUT2D eigenvalue weighted by molar-refractivity contribution is 6.28. The summed E-state index contributed by atoms with van der Waals surface area (Å²) in [5, 5.41) is -0.275. The number of nitrogens with zero attached hydrogens (tertiary/aromatic N) is 3. The number of carbonyl (C=O) groups is 1. The molecule has 0 N–H and O–H groups in total. The summed E-state index contributed by atoms with van der Waals surface area (Å²) in [5.41, 5.74) is 1.08. The molecule has 0 aliphatic rings. The lowest BCUT2D eigenvalue weighted by Crippen LogP contribution is -2.20. The third-order valence-electron chi connectivity index (χ3n) is 2.74. The van der Waals surface area contributed by atoms with Crippen LogP contribution in [0, 0.1) is 0 Å². The Morgan fingerprint density at radius 2 is 1.83 bits per heavy atom. The molecule has 2 aromatic rings. The molecule has 0 bridgehead atoms. The zero-order valence-electron chi connectivity index (χ0n) is 12.3. The highest BCUT2D eigenvalue weighted by Crippen LogP contribution is 2.18. The number of aromatic nitrogens is 3. The van der Waals surface area contributed by atoms with Gasteiger partial charge in [-0.3, -0.25) is 0 Å². The minimum atomic E-state index is -4.51. The molecule has 0 saturated heterocycles. The summed E-state index contributed by atoms with van der Waals surface area (Å²) in [7, 11) is 1.27. The number of methoxy groups -OCH3 is 1. The Labute approximate surface area is 139 Å². The van der Waals surface area contributed by atoms with Crippen LogP contribution in [0.3, 0.4) is 0 Å². The number of hydrogen-bond acceptors (Lipinski definition) is 6. The first-order valence-electron chi connectivity index (χ1n) is 6.54. The maximum absolute atomic E-state index is 12.2. The Morgan fingerprint density at radius 1 is 1.17 bits per heavy atom. The topological polar surface area (TPSA) is 74.2 Å². The molecular weight excluding hydrogens is 351 g/mol. The predicted octanol–water partition coefficient (Wildman–Crippen LogP) is 2.84. The summed E-state index contributed by atoms with van der Waals surface area (Å²) in [6.45, 7) is -1.53. The second-order valence-corrected chi connectivity index (χ2v) is 4.91. The first-order chi connectivity index (χ1) is 11.3. The number of ether oxygens (including phenoxy) is 2. The monoisotopic (exact) mass is 361 g/mol. The van der Waals surface area contributed by atoms with E-state index in [1.165, 1.54) is 7.11 Å². The summed E-state index contributed by atoms with van der Waals surface area (Å²) in [5.74, 6) is -0.342.